The van der Waals surface area contributed by atoms with Gasteiger partial charge in [-0.25, -0.2) is 4.79 Å². The highest BCUT2D eigenvalue weighted by Crippen LogP contribution is 2.18. The van der Waals surface area contributed by atoms with Crippen molar-refractivity contribution in [3.8, 4) is 0 Å². The molecular weight excluding hydrogens is 320 g/mol. The lowest BCUT2D eigenvalue weighted by molar-refractivity contribution is -0.247. The number of nitrogens with one attached hydrogen (secondary N) is 1. The number of nitrogens with two attached hydrogens (primary N) is 3. The minimum absolute atomic E-state index is 0.196. The first-order chi connectivity index (χ1) is 11.3. The quantitative estimate of drug-likeness (QED) is 0.163. The van der Waals surface area contributed by atoms with Crippen LogP contribution in [0.15, 0.2) is 0 Å². The highest BCUT2D eigenvalue weighted by molar-refractivity contribution is 5.73. The molecule has 4 atom stereocenters. The van der Waals surface area contributed by atoms with E-state index in [0.717, 1.165) is 25.9 Å². The minimum atomic E-state index is -1.53. The van der Waals surface area contributed by atoms with Crippen LogP contribution in [0.5, 0.6) is 0 Å². The van der Waals surface area contributed by atoms with Gasteiger partial charge < -0.3 is 42.4 Å². The molecule has 1 aliphatic heterocycles. The van der Waals surface area contributed by atoms with Crippen molar-refractivity contribution in [3.63, 3.8) is 0 Å². The van der Waals surface area contributed by atoms with E-state index in [1.54, 1.807) is 0 Å². The molecular formula is C14H32N4O6. The van der Waals surface area contributed by atoms with Gasteiger partial charge in [-0.05, 0) is 25.9 Å². The zero-order valence-corrected chi connectivity index (χ0v) is 13.9. The third-order valence-electron chi connectivity index (χ3n) is 3.45. The monoisotopic (exact) mass is 352 g/mol. The number of hydrogen-bond acceptors (Lipinski definition) is 9. The summed E-state index contributed by atoms with van der Waals surface area (Å²) in [6, 6.07) is 0. The first kappa shape index (κ1) is 23.1. The second-order valence-corrected chi connectivity index (χ2v) is 5.69. The number of ether oxygens (including phenoxy) is 1. The molecule has 0 spiro atoms. The number of carbonyl (C=O) groups is 1. The Bertz CT molecular complexity index is 334. The summed E-state index contributed by atoms with van der Waals surface area (Å²) in [5, 5.41) is 38.2. The van der Waals surface area contributed by atoms with Crippen molar-refractivity contribution in [2.24, 2.45) is 17.2 Å². The lowest BCUT2D eigenvalue weighted by Gasteiger charge is -2.31. The van der Waals surface area contributed by atoms with Crippen LogP contribution in [0.4, 0.5) is 0 Å². The number of rotatable bonds is 9. The Hall–Kier alpha value is -0.850. The van der Waals surface area contributed by atoms with Crippen molar-refractivity contribution >= 4 is 5.97 Å². The Morgan fingerprint density at radius 1 is 1.08 bits per heavy atom. The predicted molar refractivity (Wildman–Crippen MR) is 87.5 cm³/mol. The van der Waals surface area contributed by atoms with E-state index in [-0.39, 0.29) is 12.7 Å². The van der Waals surface area contributed by atoms with Crippen LogP contribution in [0.2, 0.25) is 0 Å². The topological polar surface area (TPSA) is 197 Å². The first-order valence-corrected chi connectivity index (χ1v) is 8.16. The van der Waals surface area contributed by atoms with Crippen molar-refractivity contribution in [2.45, 2.75) is 69.4 Å². The van der Waals surface area contributed by atoms with Crippen LogP contribution in [0, 0.1) is 0 Å². The van der Waals surface area contributed by atoms with Gasteiger partial charge in [0.15, 0.2) is 12.4 Å². The van der Waals surface area contributed by atoms with Crippen LogP contribution in [0.25, 0.3) is 0 Å². The van der Waals surface area contributed by atoms with E-state index in [2.05, 4.69) is 10.1 Å². The zero-order valence-electron chi connectivity index (χ0n) is 13.9. The Labute approximate surface area is 142 Å². The number of aliphatic hydroxyl groups excluding tert-OH is 3. The van der Waals surface area contributed by atoms with Gasteiger partial charge in [0.05, 0.1) is 6.10 Å². The second-order valence-electron chi connectivity index (χ2n) is 5.69. The molecule has 11 N–H and O–H groups in total. The number of carboxylic acids is 1. The maximum Gasteiger partial charge on any atom is 0.335 e. The second kappa shape index (κ2) is 13.4. The normalized spacial score (nSPS) is 26.8. The third kappa shape index (κ3) is 10.8. The Morgan fingerprint density at radius 3 is 2.21 bits per heavy atom. The van der Waals surface area contributed by atoms with Crippen LogP contribution in [-0.2, 0) is 9.53 Å². The number of hydrogen-bond donors (Lipinski definition) is 8. The standard InChI is InChI=1S/C8H22N4.C6H10O6/c9-6-4-2-1-3-5-7-12-8(10)11;7-2-1-3(8)6(11)12-4(2)5(9)10/h8,12H,1-7,9-11H2;2-4,6-8,11H,1H2,(H,9,10)/t;2-,3+,4-,6+/m.0/s1. The summed E-state index contributed by atoms with van der Waals surface area (Å²) in [4.78, 5) is 10.3. The maximum absolute atomic E-state index is 10.3. The summed E-state index contributed by atoms with van der Waals surface area (Å²) in [7, 11) is 0. The van der Waals surface area contributed by atoms with Crippen molar-refractivity contribution in [1.29, 1.82) is 0 Å². The Kier molecular flexibility index (Phi) is 13.0. The molecule has 0 amide bonds. The maximum atomic E-state index is 10.3. The van der Waals surface area contributed by atoms with Gasteiger partial charge in [0.2, 0.25) is 0 Å². The van der Waals surface area contributed by atoms with Gasteiger partial charge in [-0.15, -0.1) is 0 Å². The van der Waals surface area contributed by atoms with Gasteiger partial charge in [-0.3, -0.25) is 5.32 Å². The Balaban J connectivity index is 0.000000441. The highest BCUT2D eigenvalue weighted by atomic mass is 16.6. The minimum Gasteiger partial charge on any atom is -0.479 e. The fourth-order valence-corrected chi connectivity index (χ4v) is 2.11. The van der Waals surface area contributed by atoms with E-state index in [1.165, 1.54) is 19.3 Å². The van der Waals surface area contributed by atoms with Crippen molar-refractivity contribution in [2.75, 3.05) is 13.1 Å². The van der Waals surface area contributed by atoms with Crippen molar-refractivity contribution in [1.82, 2.24) is 5.32 Å². The highest BCUT2D eigenvalue weighted by Gasteiger charge is 2.39. The molecule has 144 valence electrons. The van der Waals surface area contributed by atoms with Gasteiger partial charge in [0, 0.05) is 6.42 Å². The fraction of sp³-hybridized carbons (Fsp3) is 0.929. The molecule has 10 nitrogen and oxygen atoms in total. The zero-order chi connectivity index (χ0) is 18.5. The molecule has 0 unspecified atom stereocenters. The van der Waals surface area contributed by atoms with Crippen LogP contribution < -0.4 is 22.5 Å². The average Bonchev–Trinajstić information content (AvgIpc) is 2.50. The van der Waals surface area contributed by atoms with Crippen LogP contribution in [0.3, 0.4) is 0 Å². The smallest absolute Gasteiger partial charge is 0.335 e. The molecule has 0 aromatic rings. The molecule has 0 radical (unpaired) electrons. The molecule has 10 heteroatoms. The summed E-state index contributed by atoms with van der Waals surface area (Å²) in [5.41, 5.74) is 16.0. The molecule has 1 fully saturated rings. The molecule has 0 aliphatic carbocycles. The molecule has 1 rings (SSSR count). The molecule has 1 aliphatic rings. The average molecular weight is 352 g/mol. The lowest BCUT2D eigenvalue weighted by Crippen LogP contribution is -2.50. The first-order valence-electron chi connectivity index (χ1n) is 8.16. The summed E-state index contributed by atoms with van der Waals surface area (Å²) in [6.45, 7) is 1.73. The molecule has 1 saturated heterocycles. The summed E-state index contributed by atoms with van der Waals surface area (Å²) < 4.78 is 4.43. The van der Waals surface area contributed by atoms with Crippen LogP contribution in [-0.4, -0.2) is 70.4 Å². The van der Waals surface area contributed by atoms with E-state index in [9.17, 15) is 4.79 Å². The molecule has 0 aromatic carbocycles. The molecule has 0 saturated carbocycles. The van der Waals surface area contributed by atoms with Crippen molar-refractivity contribution < 1.29 is 30.0 Å². The van der Waals surface area contributed by atoms with Crippen LogP contribution in [0.1, 0.15) is 38.5 Å². The molecule has 1 heterocycles. The summed E-state index contributed by atoms with van der Waals surface area (Å²) in [5.74, 6) is -1.35. The van der Waals surface area contributed by atoms with E-state index in [0.29, 0.717) is 0 Å². The number of carboxylic acid groups (broad SMARTS) is 1. The largest absolute Gasteiger partial charge is 0.479 e. The van der Waals surface area contributed by atoms with Crippen molar-refractivity contribution in [3.05, 3.63) is 0 Å². The lowest BCUT2D eigenvalue weighted by atomic mass is 10.0. The van der Waals surface area contributed by atoms with Crippen LogP contribution >= 0.6 is 0 Å². The van der Waals surface area contributed by atoms with Gasteiger partial charge in [0.1, 0.15) is 12.4 Å². The SMILES string of the molecule is NCCCCCCCNC(N)N.O=C(O)[C@H]1O[C@@H](O)[C@H](O)C[C@@H]1O. The van der Waals surface area contributed by atoms with E-state index in [4.69, 9.17) is 37.6 Å². The molecule has 0 aromatic heterocycles. The van der Waals surface area contributed by atoms with Gasteiger partial charge in [-0.1, -0.05) is 19.3 Å². The predicted octanol–water partition coefficient (Wildman–Crippen LogP) is -2.41. The molecule has 24 heavy (non-hydrogen) atoms. The third-order valence-corrected chi connectivity index (χ3v) is 3.45. The summed E-state index contributed by atoms with van der Waals surface area (Å²) in [6.07, 6.45) is -0.0236. The number of unbranched alkanes of at least 4 members (excludes halogenated alkanes) is 4. The van der Waals surface area contributed by atoms with Gasteiger partial charge >= 0.3 is 5.97 Å². The molecule has 0 bridgehead atoms. The van der Waals surface area contributed by atoms with Gasteiger partial charge in [0.25, 0.3) is 0 Å². The van der Waals surface area contributed by atoms with E-state index >= 15 is 0 Å². The number of aliphatic carboxylic acids is 1. The van der Waals surface area contributed by atoms with E-state index in [1.807, 2.05) is 0 Å². The fourth-order valence-electron chi connectivity index (χ4n) is 2.11. The summed E-state index contributed by atoms with van der Waals surface area (Å²) >= 11 is 0. The number of aliphatic hydroxyl groups is 3. The Morgan fingerprint density at radius 2 is 1.67 bits per heavy atom. The van der Waals surface area contributed by atoms with Gasteiger partial charge in [-0.2, -0.15) is 0 Å². The van der Waals surface area contributed by atoms with E-state index < -0.39 is 30.6 Å².